The van der Waals surface area contributed by atoms with Crippen LogP contribution in [0.4, 0.5) is 11.4 Å². The molecule has 1 aromatic heterocycles. The van der Waals surface area contributed by atoms with Crippen molar-refractivity contribution in [3.05, 3.63) is 53.2 Å². The molecule has 0 bridgehead atoms. The van der Waals surface area contributed by atoms with Gasteiger partial charge in [0, 0.05) is 30.7 Å². The van der Waals surface area contributed by atoms with Gasteiger partial charge in [0.15, 0.2) is 4.32 Å². The molecule has 0 unspecified atom stereocenters. The van der Waals surface area contributed by atoms with E-state index in [0.29, 0.717) is 9.23 Å². The Balaban J connectivity index is 1.84. The summed E-state index contributed by atoms with van der Waals surface area (Å²) in [6.07, 6.45) is 3.67. The largest absolute Gasteiger partial charge is 0.372 e. The Morgan fingerprint density at radius 3 is 2.50 bits per heavy atom. The van der Waals surface area contributed by atoms with Crippen molar-refractivity contribution in [2.75, 3.05) is 22.9 Å². The van der Waals surface area contributed by atoms with E-state index in [9.17, 15) is 4.79 Å². The predicted molar refractivity (Wildman–Crippen MR) is 106 cm³/mol. The molecule has 1 aliphatic heterocycles. The molecule has 24 heavy (non-hydrogen) atoms. The maximum Gasteiger partial charge on any atom is 0.270 e. The number of rotatable bonds is 5. The predicted octanol–water partition coefficient (Wildman–Crippen LogP) is 4.27. The Hall–Kier alpha value is -2.05. The summed E-state index contributed by atoms with van der Waals surface area (Å²) in [5.74, 6) is -0.0739. The first kappa shape index (κ1) is 16.8. The molecule has 1 N–H and O–H groups in total. The van der Waals surface area contributed by atoms with Gasteiger partial charge in [-0.15, -0.1) is 0 Å². The SMILES string of the molecule is CCN(CC)c1ccc(N2C(=O)/C(=C/c3ccc[nH]3)SC2=S)cc1. The molecule has 0 radical (unpaired) electrons. The van der Waals surface area contributed by atoms with E-state index in [0.717, 1.165) is 30.2 Å². The summed E-state index contributed by atoms with van der Waals surface area (Å²) in [5, 5.41) is 0. The van der Waals surface area contributed by atoms with Crippen LogP contribution in [0.1, 0.15) is 19.5 Å². The van der Waals surface area contributed by atoms with Crippen LogP contribution in [-0.2, 0) is 4.79 Å². The van der Waals surface area contributed by atoms with Gasteiger partial charge < -0.3 is 9.88 Å². The highest BCUT2D eigenvalue weighted by Crippen LogP contribution is 2.36. The van der Waals surface area contributed by atoms with E-state index in [1.165, 1.54) is 11.8 Å². The monoisotopic (exact) mass is 357 g/mol. The van der Waals surface area contributed by atoms with Crippen LogP contribution in [0, 0.1) is 0 Å². The van der Waals surface area contributed by atoms with E-state index < -0.39 is 0 Å². The molecule has 0 aliphatic carbocycles. The van der Waals surface area contributed by atoms with Crippen molar-refractivity contribution in [3.63, 3.8) is 0 Å². The molecule has 124 valence electrons. The summed E-state index contributed by atoms with van der Waals surface area (Å²) in [5.41, 5.74) is 2.85. The minimum Gasteiger partial charge on any atom is -0.372 e. The van der Waals surface area contributed by atoms with Crippen LogP contribution in [0.3, 0.4) is 0 Å². The first-order valence-electron chi connectivity index (χ1n) is 7.90. The zero-order valence-electron chi connectivity index (χ0n) is 13.7. The Labute approximate surface area is 151 Å². The summed E-state index contributed by atoms with van der Waals surface area (Å²) in [4.78, 5) is 20.3. The third-order valence-corrected chi connectivity index (χ3v) is 5.24. The molecule has 4 nitrogen and oxygen atoms in total. The van der Waals surface area contributed by atoms with Crippen LogP contribution in [-0.4, -0.2) is 28.3 Å². The molecule has 3 rings (SSSR count). The van der Waals surface area contributed by atoms with E-state index >= 15 is 0 Å². The maximum atomic E-state index is 12.7. The molecule has 6 heteroatoms. The molecule has 0 spiro atoms. The van der Waals surface area contributed by atoms with E-state index in [2.05, 4.69) is 23.7 Å². The number of hydrogen-bond acceptors (Lipinski definition) is 4. The Bertz CT molecular complexity index is 762. The van der Waals surface area contributed by atoms with Crippen LogP contribution in [0.2, 0.25) is 0 Å². The number of carbonyl (C=O) groups excluding carboxylic acids is 1. The third-order valence-electron chi connectivity index (χ3n) is 3.94. The summed E-state index contributed by atoms with van der Waals surface area (Å²) in [6, 6.07) is 11.8. The number of nitrogens with one attached hydrogen (secondary N) is 1. The van der Waals surface area contributed by atoms with E-state index in [4.69, 9.17) is 12.2 Å². The molecule has 2 heterocycles. The maximum absolute atomic E-state index is 12.7. The van der Waals surface area contributed by atoms with E-state index in [1.54, 1.807) is 4.90 Å². The number of hydrogen-bond donors (Lipinski definition) is 1. The second-order valence-corrected chi connectivity index (χ2v) is 7.01. The van der Waals surface area contributed by atoms with Gasteiger partial charge in [-0.25, -0.2) is 0 Å². The van der Waals surface area contributed by atoms with Gasteiger partial charge in [0.2, 0.25) is 0 Å². The standard InChI is InChI=1S/C18H19N3OS2/c1-3-20(4-2)14-7-9-15(10-8-14)21-17(22)16(24-18(21)23)12-13-6-5-11-19-13/h5-12,19H,3-4H2,1-2H3/b16-12-. The minimum atomic E-state index is -0.0739. The van der Waals surface area contributed by atoms with Crippen molar-refractivity contribution in [3.8, 4) is 0 Å². The first-order chi connectivity index (χ1) is 11.6. The molecule has 2 aromatic rings. The van der Waals surface area contributed by atoms with Gasteiger partial charge in [-0.1, -0.05) is 24.0 Å². The van der Waals surface area contributed by atoms with E-state index in [-0.39, 0.29) is 5.91 Å². The molecule has 1 saturated heterocycles. The number of aromatic nitrogens is 1. The number of thiocarbonyl (C=S) groups is 1. The lowest BCUT2D eigenvalue weighted by atomic mass is 10.2. The molecule has 0 saturated carbocycles. The second-order valence-electron chi connectivity index (χ2n) is 5.33. The highest BCUT2D eigenvalue weighted by molar-refractivity contribution is 8.27. The van der Waals surface area contributed by atoms with Gasteiger partial charge in [-0.05, 0) is 56.3 Å². The second kappa shape index (κ2) is 7.23. The lowest BCUT2D eigenvalue weighted by molar-refractivity contribution is -0.113. The smallest absolute Gasteiger partial charge is 0.270 e. The number of aromatic amines is 1. The molecule has 0 atom stereocenters. The number of thioether (sulfide) groups is 1. The highest BCUT2D eigenvalue weighted by Gasteiger charge is 2.33. The van der Waals surface area contributed by atoms with Crippen molar-refractivity contribution < 1.29 is 4.79 Å². The van der Waals surface area contributed by atoms with Gasteiger partial charge in [0.25, 0.3) is 5.91 Å². The quantitative estimate of drug-likeness (QED) is 0.641. The van der Waals surface area contributed by atoms with Gasteiger partial charge in [-0.3, -0.25) is 9.69 Å². The lowest BCUT2D eigenvalue weighted by Gasteiger charge is -2.22. The van der Waals surface area contributed by atoms with Crippen molar-refractivity contribution in [1.82, 2.24) is 4.98 Å². The Morgan fingerprint density at radius 2 is 1.92 bits per heavy atom. The molecular weight excluding hydrogens is 338 g/mol. The average Bonchev–Trinajstić information content (AvgIpc) is 3.19. The number of carbonyl (C=O) groups is 1. The van der Waals surface area contributed by atoms with Gasteiger partial charge in [-0.2, -0.15) is 0 Å². The first-order valence-corrected chi connectivity index (χ1v) is 9.13. The summed E-state index contributed by atoms with van der Waals surface area (Å²) in [6.45, 7) is 6.17. The topological polar surface area (TPSA) is 39.3 Å². The normalized spacial score (nSPS) is 16.2. The fourth-order valence-electron chi connectivity index (χ4n) is 2.67. The Kier molecular flexibility index (Phi) is 5.06. The number of nitrogens with zero attached hydrogens (tertiary/aromatic N) is 2. The van der Waals surface area contributed by atoms with Crippen LogP contribution < -0.4 is 9.80 Å². The summed E-state index contributed by atoms with van der Waals surface area (Å²) >= 11 is 6.74. The van der Waals surface area contributed by atoms with Crippen LogP contribution in [0.25, 0.3) is 6.08 Å². The molecule has 1 aromatic carbocycles. The van der Waals surface area contributed by atoms with Crippen LogP contribution >= 0.6 is 24.0 Å². The molecule has 1 amide bonds. The van der Waals surface area contributed by atoms with Crippen molar-refractivity contribution >= 4 is 51.7 Å². The summed E-state index contributed by atoms with van der Waals surface area (Å²) < 4.78 is 0.563. The van der Waals surface area contributed by atoms with Crippen molar-refractivity contribution in [2.24, 2.45) is 0 Å². The van der Waals surface area contributed by atoms with Crippen LogP contribution in [0.15, 0.2) is 47.5 Å². The fraction of sp³-hybridized carbons (Fsp3) is 0.222. The molecular formula is C18H19N3OS2. The number of benzene rings is 1. The fourth-order valence-corrected chi connectivity index (χ4v) is 3.96. The minimum absolute atomic E-state index is 0.0739. The van der Waals surface area contributed by atoms with Gasteiger partial charge in [0.05, 0.1) is 10.6 Å². The third kappa shape index (κ3) is 3.25. The lowest BCUT2D eigenvalue weighted by Crippen LogP contribution is -2.27. The molecule has 1 aliphatic rings. The average molecular weight is 358 g/mol. The van der Waals surface area contributed by atoms with Gasteiger partial charge in [0.1, 0.15) is 0 Å². The number of amides is 1. The highest BCUT2D eigenvalue weighted by atomic mass is 32.2. The number of anilines is 2. The van der Waals surface area contributed by atoms with Crippen LogP contribution in [0.5, 0.6) is 0 Å². The van der Waals surface area contributed by atoms with Crippen molar-refractivity contribution in [2.45, 2.75) is 13.8 Å². The van der Waals surface area contributed by atoms with E-state index in [1.807, 2.05) is 48.7 Å². The Morgan fingerprint density at radius 1 is 1.21 bits per heavy atom. The summed E-state index contributed by atoms with van der Waals surface area (Å²) in [7, 11) is 0. The zero-order chi connectivity index (χ0) is 17.1. The van der Waals surface area contributed by atoms with Gasteiger partial charge >= 0.3 is 0 Å². The molecule has 1 fully saturated rings. The van der Waals surface area contributed by atoms with Crippen molar-refractivity contribution in [1.29, 1.82) is 0 Å². The number of H-pyrrole nitrogens is 1. The zero-order valence-corrected chi connectivity index (χ0v) is 15.3.